The first-order chi connectivity index (χ1) is 11.6. The summed E-state index contributed by atoms with van der Waals surface area (Å²) < 4.78 is 0. The van der Waals surface area contributed by atoms with Gasteiger partial charge < -0.3 is 5.11 Å². The summed E-state index contributed by atoms with van der Waals surface area (Å²) in [7, 11) is 0. The zero-order chi connectivity index (χ0) is 17.4. The van der Waals surface area contributed by atoms with Crippen LogP contribution in [0.15, 0.2) is 60.7 Å². The molecule has 2 rings (SSSR count). The van der Waals surface area contributed by atoms with Crippen molar-refractivity contribution in [2.75, 3.05) is 0 Å². The summed E-state index contributed by atoms with van der Waals surface area (Å²) in [5.41, 5.74) is 6.21. The lowest BCUT2D eigenvalue weighted by Crippen LogP contribution is -2.44. The molecule has 0 radical (unpaired) electrons. The molecule has 0 spiro atoms. The van der Waals surface area contributed by atoms with Gasteiger partial charge in [0.2, 0.25) is 11.8 Å². The van der Waals surface area contributed by atoms with Gasteiger partial charge in [0.15, 0.2) is 0 Å². The summed E-state index contributed by atoms with van der Waals surface area (Å²) in [4.78, 5) is 34.6. The molecule has 0 saturated carbocycles. The molecule has 0 saturated heterocycles. The Bertz CT molecular complexity index is 662. The van der Waals surface area contributed by atoms with E-state index in [1.165, 1.54) is 0 Å². The van der Waals surface area contributed by atoms with Crippen molar-refractivity contribution in [3.63, 3.8) is 0 Å². The number of carboxylic acids is 1. The Balaban J connectivity index is 2.09. The van der Waals surface area contributed by atoms with Crippen LogP contribution in [0.2, 0.25) is 0 Å². The lowest BCUT2D eigenvalue weighted by molar-refractivity contribution is -0.139. The number of hydrazine groups is 1. The molecular weight excluding hydrogens is 308 g/mol. The highest BCUT2D eigenvalue weighted by Gasteiger charge is 2.22. The van der Waals surface area contributed by atoms with E-state index in [1.54, 1.807) is 0 Å². The van der Waals surface area contributed by atoms with Crippen molar-refractivity contribution < 1.29 is 19.5 Å². The Morgan fingerprint density at radius 1 is 0.792 bits per heavy atom. The highest BCUT2D eigenvalue weighted by atomic mass is 16.4. The van der Waals surface area contributed by atoms with Crippen LogP contribution in [-0.4, -0.2) is 22.9 Å². The number of hydrogen-bond donors (Lipinski definition) is 3. The van der Waals surface area contributed by atoms with E-state index in [0.717, 1.165) is 11.1 Å². The van der Waals surface area contributed by atoms with Crippen LogP contribution in [0.25, 0.3) is 0 Å². The van der Waals surface area contributed by atoms with Gasteiger partial charge in [-0.15, -0.1) is 0 Å². The third-order valence-electron chi connectivity index (χ3n) is 3.42. The Morgan fingerprint density at radius 3 is 1.75 bits per heavy atom. The molecule has 0 heterocycles. The number of carbonyl (C=O) groups is 3. The van der Waals surface area contributed by atoms with Gasteiger partial charge in [-0.3, -0.25) is 25.2 Å². The van der Waals surface area contributed by atoms with Gasteiger partial charge in [-0.05, 0) is 11.1 Å². The van der Waals surface area contributed by atoms with Gasteiger partial charge in [0.25, 0.3) is 0 Å². The number of rotatable bonds is 6. The second-order valence-electron chi connectivity index (χ2n) is 5.19. The molecule has 6 heteroatoms. The van der Waals surface area contributed by atoms with Gasteiger partial charge >= 0.3 is 5.97 Å². The van der Waals surface area contributed by atoms with Crippen molar-refractivity contribution in [3.05, 3.63) is 71.8 Å². The average molecular weight is 326 g/mol. The Hall–Kier alpha value is -3.15. The summed E-state index contributed by atoms with van der Waals surface area (Å²) >= 11 is 0. The van der Waals surface area contributed by atoms with E-state index in [9.17, 15) is 14.4 Å². The Kier molecular flexibility index (Phi) is 6.08. The van der Waals surface area contributed by atoms with E-state index < -0.39 is 23.7 Å². The second-order valence-corrected chi connectivity index (χ2v) is 5.19. The highest BCUT2D eigenvalue weighted by molar-refractivity contribution is 5.89. The van der Waals surface area contributed by atoms with Gasteiger partial charge in [0.05, 0.1) is 12.3 Å². The van der Waals surface area contributed by atoms with E-state index in [2.05, 4.69) is 10.9 Å². The van der Waals surface area contributed by atoms with Crippen molar-refractivity contribution in [1.82, 2.24) is 10.9 Å². The molecule has 2 aromatic rings. The van der Waals surface area contributed by atoms with Crippen molar-refractivity contribution in [1.29, 1.82) is 0 Å². The molecule has 24 heavy (non-hydrogen) atoms. The van der Waals surface area contributed by atoms with Crippen molar-refractivity contribution in [3.8, 4) is 0 Å². The molecule has 3 N–H and O–H groups in total. The van der Waals surface area contributed by atoms with Crippen LogP contribution in [0.4, 0.5) is 0 Å². The first kappa shape index (κ1) is 17.2. The second kappa shape index (κ2) is 8.47. The molecule has 0 atom stereocenters. The summed E-state index contributed by atoms with van der Waals surface area (Å²) in [6, 6.07) is 18.4. The van der Waals surface area contributed by atoms with Crippen LogP contribution in [0.1, 0.15) is 29.9 Å². The van der Waals surface area contributed by atoms with Crippen LogP contribution in [0.3, 0.4) is 0 Å². The fourth-order valence-corrected chi connectivity index (χ4v) is 2.27. The first-order valence-corrected chi connectivity index (χ1v) is 7.48. The third kappa shape index (κ3) is 4.95. The number of aliphatic carboxylic acids is 1. The molecule has 0 aromatic heterocycles. The quantitative estimate of drug-likeness (QED) is 0.706. The average Bonchev–Trinajstić information content (AvgIpc) is 2.60. The van der Waals surface area contributed by atoms with E-state index in [4.69, 9.17) is 5.11 Å². The molecule has 0 fully saturated rings. The minimum absolute atomic E-state index is 0.197. The summed E-state index contributed by atoms with van der Waals surface area (Å²) in [6.07, 6.45) is -0.487. The van der Waals surface area contributed by atoms with E-state index in [0.29, 0.717) is 0 Å². The molecule has 0 bridgehead atoms. The van der Waals surface area contributed by atoms with Crippen LogP contribution in [0.5, 0.6) is 0 Å². The Labute approximate surface area is 139 Å². The fourth-order valence-electron chi connectivity index (χ4n) is 2.27. The van der Waals surface area contributed by atoms with Crippen molar-refractivity contribution in [2.24, 2.45) is 0 Å². The van der Waals surface area contributed by atoms with E-state index in [1.807, 2.05) is 60.7 Å². The first-order valence-electron chi connectivity index (χ1n) is 7.48. The molecule has 0 unspecified atom stereocenters. The standard InChI is InChI=1S/C18H18N2O4/c21-15(11-12-16(22)23)19-20-18(24)17(13-7-3-1-4-8-13)14-9-5-2-6-10-14/h1-10,17H,11-12H2,(H,19,21)(H,20,24)(H,22,23). The zero-order valence-corrected chi connectivity index (χ0v) is 12.9. The van der Waals surface area contributed by atoms with E-state index in [-0.39, 0.29) is 12.8 Å². The summed E-state index contributed by atoms with van der Waals surface area (Å²) in [6.45, 7) is 0. The topological polar surface area (TPSA) is 95.5 Å². The van der Waals surface area contributed by atoms with Gasteiger partial charge in [-0.1, -0.05) is 60.7 Å². The molecule has 0 aliphatic carbocycles. The molecule has 2 amide bonds. The fraction of sp³-hybridized carbons (Fsp3) is 0.167. The van der Waals surface area contributed by atoms with Crippen LogP contribution >= 0.6 is 0 Å². The summed E-state index contributed by atoms with van der Waals surface area (Å²) in [5, 5.41) is 8.56. The maximum Gasteiger partial charge on any atom is 0.303 e. The van der Waals surface area contributed by atoms with E-state index >= 15 is 0 Å². The monoisotopic (exact) mass is 326 g/mol. The van der Waals surface area contributed by atoms with Gasteiger partial charge in [-0.25, -0.2) is 0 Å². The van der Waals surface area contributed by atoms with Gasteiger partial charge in [0, 0.05) is 6.42 Å². The van der Waals surface area contributed by atoms with Crippen molar-refractivity contribution in [2.45, 2.75) is 18.8 Å². The molecule has 2 aromatic carbocycles. The Morgan fingerprint density at radius 2 is 1.29 bits per heavy atom. The number of nitrogens with one attached hydrogen (secondary N) is 2. The summed E-state index contributed by atoms with van der Waals surface area (Å²) in [5.74, 6) is -2.59. The third-order valence-corrected chi connectivity index (χ3v) is 3.42. The maximum absolute atomic E-state index is 12.5. The molecule has 6 nitrogen and oxygen atoms in total. The highest BCUT2D eigenvalue weighted by Crippen LogP contribution is 2.24. The molecular formula is C18H18N2O4. The number of amides is 2. The minimum Gasteiger partial charge on any atom is -0.481 e. The largest absolute Gasteiger partial charge is 0.481 e. The normalized spacial score (nSPS) is 10.2. The predicted molar refractivity (Wildman–Crippen MR) is 87.9 cm³/mol. The molecule has 124 valence electrons. The number of carboxylic acid groups (broad SMARTS) is 1. The van der Waals surface area contributed by atoms with Gasteiger partial charge in [-0.2, -0.15) is 0 Å². The number of benzene rings is 2. The lowest BCUT2D eigenvalue weighted by atomic mass is 9.91. The maximum atomic E-state index is 12.5. The lowest BCUT2D eigenvalue weighted by Gasteiger charge is -2.18. The van der Waals surface area contributed by atoms with Crippen LogP contribution in [-0.2, 0) is 14.4 Å². The van der Waals surface area contributed by atoms with Crippen LogP contribution < -0.4 is 10.9 Å². The SMILES string of the molecule is O=C(O)CCC(=O)NNC(=O)C(c1ccccc1)c1ccccc1. The molecule has 0 aliphatic rings. The number of carbonyl (C=O) groups excluding carboxylic acids is 2. The minimum atomic E-state index is -1.07. The van der Waals surface area contributed by atoms with Gasteiger partial charge in [0.1, 0.15) is 0 Å². The molecule has 0 aliphatic heterocycles. The predicted octanol–water partition coefficient (Wildman–Crippen LogP) is 1.83. The number of hydrogen-bond acceptors (Lipinski definition) is 3. The smallest absolute Gasteiger partial charge is 0.303 e. The van der Waals surface area contributed by atoms with Crippen LogP contribution in [0, 0.1) is 0 Å². The zero-order valence-electron chi connectivity index (χ0n) is 12.9. The van der Waals surface area contributed by atoms with Crippen molar-refractivity contribution >= 4 is 17.8 Å².